The highest BCUT2D eigenvalue weighted by Gasteiger charge is 2.06. The first-order valence-electron chi connectivity index (χ1n) is 7.23. The molecule has 0 aliphatic carbocycles. The molecule has 0 unspecified atom stereocenters. The van der Waals surface area contributed by atoms with E-state index in [2.05, 4.69) is 10.3 Å². The highest BCUT2D eigenvalue weighted by molar-refractivity contribution is 5.94. The average Bonchev–Trinajstić information content (AvgIpc) is 2.58. The molecule has 2 aromatic rings. The number of aromatic nitrogens is 1. The van der Waals surface area contributed by atoms with E-state index in [1.54, 1.807) is 44.7 Å². The van der Waals surface area contributed by atoms with E-state index in [4.69, 9.17) is 0 Å². The van der Waals surface area contributed by atoms with Crippen molar-refractivity contribution < 1.29 is 9.59 Å². The van der Waals surface area contributed by atoms with Gasteiger partial charge in [0.1, 0.15) is 0 Å². The Bertz CT molecular complexity index is 692. The Kier molecular flexibility index (Phi) is 5.63. The minimum absolute atomic E-state index is 0.0465. The predicted molar refractivity (Wildman–Crippen MR) is 89.6 cm³/mol. The summed E-state index contributed by atoms with van der Waals surface area (Å²) in [5.41, 5.74) is 2.42. The maximum absolute atomic E-state index is 11.8. The van der Waals surface area contributed by atoms with Crippen LogP contribution >= 0.6 is 0 Å². The molecule has 1 N–H and O–H groups in total. The van der Waals surface area contributed by atoms with Gasteiger partial charge in [0.2, 0.25) is 5.91 Å². The summed E-state index contributed by atoms with van der Waals surface area (Å²) in [4.78, 5) is 29.1. The highest BCUT2D eigenvalue weighted by Crippen LogP contribution is 2.08. The normalized spacial score (nSPS) is 10.5. The van der Waals surface area contributed by atoms with Gasteiger partial charge in [-0.2, -0.15) is 0 Å². The van der Waals surface area contributed by atoms with Crippen LogP contribution in [0.15, 0.2) is 54.9 Å². The number of pyridine rings is 1. The van der Waals surface area contributed by atoms with Gasteiger partial charge in [-0.15, -0.1) is 0 Å². The Morgan fingerprint density at radius 2 is 1.91 bits per heavy atom. The van der Waals surface area contributed by atoms with E-state index in [1.165, 1.54) is 11.0 Å². The number of amides is 2. The Morgan fingerprint density at radius 3 is 2.52 bits per heavy atom. The summed E-state index contributed by atoms with van der Waals surface area (Å²) in [7, 11) is 3.42. The molecule has 0 fully saturated rings. The van der Waals surface area contributed by atoms with Crippen LogP contribution in [0, 0.1) is 0 Å². The van der Waals surface area contributed by atoms with E-state index >= 15 is 0 Å². The molecule has 5 nitrogen and oxygen atoms in total. The Labute approximate surface area is 135 Å². The van der Waals surface area contributed by atoms with Crippen molar-refractivity contribution in [2.75, 3.05) is 14.1 Å². The van der Waals surface area contributed by atoms with Crippen molar-refractivity contribution in [2.24, 2.45) is 0 Å². The quantitative estimate of drug-likeness (QED) is 0.861. The third kappa shape index (κ3) is 5.07. The van der Waals surface area contributed by atoms with Gasteiger partial charge < -0.3 is 10.2 Å². The molecule has 118 valence electrons. The number of hydrogen-bond donors (Lipinski definition) is 1. The number of carbonyl (C=O) groups is 2. The topological polar surface area (TPSA) is 62.3 Å². The molecule has 0 spiro atoms. The van der Waals surface area contributed by atoms with Crippen LogP contribution in [-0.4, -0.2) is 35.8 Å². The second-order valence-corrected chi connectivity index (χ2v) is 5.23. The zero-order valence-corrected chi connectivity index (χ0v) is 13.2. The second-order valence-electron chi connectivity index (χ2n) is 5.23. The lowest BCUT2D eigenvalue weighted by Crippen LogP contribution is -2.21. The van der Waals surface area contributed by atoms with Crippen molar-refractivity contribution in [1.29, 1.82) is 0 Å². The van der Waals surface area contributed by atoms with E-state index in [0.29, 0.717) is 12.1 Å². The lowest BCUT2D eigenvalue weighted by atomic mass is 10.1. The maximum atomic E-state index is 11.8. The van der Waals surface area contributed by atoms with Gasteiger partial charge in [-0.3, -0.25) is 14.6 Å². The fourth-order valence-corrected chi connectivity index (χ4v) is 1.92. The minimum atomic E-state index is -0.178. The third-order valence-electron chi connectivity index (χ3n) is 3.18. The molecule has 0 radical (unpaired) electrons. The molecule has 0 atom stereocenters. The van der Waals surface area contributed by atoms with Gasteiger partial charge in [0.15, 0.2) is 0 Å². The smallest absolute Gasteiger partial charge is 0.253 e. The van der Waals surface area contributed by atoms with Crippen LogP contribution in [-0.2, 0) is 11.3 Å². The molecular formula is C18H19N3O2. The first-order valence-corrected chi connectivity index (χ1v) is 7.23. The van der Waals surface area contributed by atoms with E-state index in [0.717, 1.165) is 11.1 Å². The molecule has 1 heterocycles. The Morgan fingerprint density at radius 1 is 1.17 bits per heavy atom. The van der Waals surface area contributed by atoms with Crippen LogP contribution < -0.4 is 5.32 Å². The van der Waals surface area contributed by atoms with Crippen molar-refractivity contribution in [3.05, 3.63) is 71.6 Å². The SMILES string of the molecule is CN(C)C(=O)c1ccc(/C=C/C(=O)NCc2cccnc2)cc1. The molecule has 1 aromatic carbocycles. The van der Waals surface area contributed by atoms with E-state index in [-0.39, 0.29) is 11.8 Å². The third-order valence-corrected chi connectivity index (χ3v) is 3.18. The van der Waals surface area contributed by atoms with Crippen molar-refractivity contribution >= 4 is 17.9 Å². The van der Waals surface area contributed by atoms with Crippen LogP contribution in [0.1, 0.15) is 21.5 Å². The van der Waals surface area contributed by atoms with Crippen molar-refractivity contribution in [3.63, 3.8) is 0 Å². The van der Waals surface area contributed by atoms with Gasteiger partial charge in [0.25, 0.3) is 5.91 Å². The molecular weight excluding hydrogens is 290 g/mol. The van der Waals surface area contributed by atoms with Gasteiger partial charge in [0, 0.05) is 44.7 Å². The molecule has 5 heteroatoms. The average molecular weight is 309 g/mol. The second kappa shape index (κ2) is 7.89. The number of nitrogens with zero attached hydrogens (tertiary/aromatic N) is 2. The zero-order valence-electron chi connectivity index (χ0n) is 13.2. The van der Waals surface area contributed by atoms with E-state index in [1.807, 2.05) is 24.3 Å². The van der Waals surface area contributed by atoms with Crippen LogP contribution in [0.25, 0.3) is 6.08 Å². The summed E-state index contributed by atoms with van der Waals surface area (Å²) in [6, 6.07) is 10.8. The molecule has 2 rings (SSSR count). The van der Waals surface area contributed by atoms with Gasteiger partial charge >= 0.3 is 0 Å². The number of carbonyl (C=O) groups excluding carboxylic acids is 2. The van der Waals surface area contributed by atoms with Gasteiger partial charge in [-0.25, -0.2) is 0 Å². The molecule has 0 saturated heterocycles. The van der Waals surface area contributed by atoms with E-state index in [9.17, 15) is 9.59 Å². The van der Waals surface area contributed by atoms with Gasteiger partial charge in [-0.05, 0) is 35.4 Å². The van der Waals surface area contributed by atoms with Crippen molar-refractivity contribution in [3.8, 4) is 0 Å². The fourth-order valence-electron chi connectivity index (χ4n) is 1.92. The molecule has 0 aliphatic rings. The zero-order chi connectivity index (χ0) is 16.7. The molecule has 1 aromatic heterocycles. The first kappa shape index (κ1) is 16.4. The largest absolute Gasteiger partial charge is 0.348 e. The standard InChI is InChI=1S/C18H19N3O2/c1-21(2)18(23)16-8-5-14(6-9-16)7-10-17(22)20-13-15-4-3-11-19-12-15/h3-12H,13H2,1-2H3,(H,20,22)/b10-7+. The number of benzene rings is 1. The lowest BCUT2D eigenvalue weighted by molar-refractivity contribution is -0.116. The maximum Gasteiger partial charge on any atom is 0.253 e. The number of hydrogen-bond acceptors (Lipinski definition) is 3. The Balaban J connectivity index is 1.89. The van der Waals surface area contributed by atoms with Gasteiger partial charge in [0.05, 0.1) is 0 Å². The molecule has 23 heavy (non-hydrogen) atoms. The van der Waals surface area contributed by atoms with Crippen LogP contribution in [0.5, 0.6) is 0 Å². The summed E-state index contributed by atoms with van der Waals surface area (Å²) in [5.74, 6) is -0.225. The monoisotopic (exact) mass is 309 g/mol. The highest BCUT2D eigenvalue weighted by atomic mass is 16.2. The van der Waals surface area contributed by atoms with Crippen LogP contribution in [0.3, 0.4) is 0 Å². The fraction of sp³-hybridized carbons (Fsp3) is 0.167. The number of nitrogens with one attached hydrogen (secondary N) is 1. The number of rotatable bonds is 5. The summed E-state index contributed by atoms with van der Waals surface area (Å²) in [5, 5.41) is 2.79. The molecule has 0 saturated carbocycles. The minimum Gasteiger partial charge on any atom is -0.348 e. The summed E-state index contributed by atoms with van der Waals surface area (Å²) < 4.78 is 0. The predicted octanol–water partition coefficient (Wildman–Crippen LogP) is 2.11. The molecule has 2 amide bonds. The van der Waals surface area contributed by atoms with Crippen molar-refractivity contribution in [2.45, 2.75) is 6.54 Å². The lowest BCUT2D eigenvalue weighted by Gasteiger charge is -2.09. The molecule has 0 aliphatic heterocycles. The van der Waals surface area contributed by atoms with Crippen LogP contribution in [0.4, 0.5) is 0 Å². The van der Waals surface area contributed by atoms with Gasteiger partial charge in [-0.1, -0.05) is 18.2 Å². The van der Waals surface area contributed by atoms with Crippen LogP contribution in [0.2, 0.25) is 0 Å². The summed E-state index contributed by atoms with van der Waals surface area (Å²) in [6.07, 6.45) is 6.59. The van der Waals surface area contributed by atoms with Crippen molar-refractivity contribution in [1.82, 2.24) is 15.2 Å². The first-order chi connectivity index (χ1) is 11.1. The summed E-state index contributed by atoms with van der Waals surface area (Å²) in [6.45, 7) is 0.438. The van der Waals surface area contributed by atoms with E-state index < -0.39 is 0 Å². The summed E-state index contributed by atoms with van der Waals surface area (Å²) >= 11 is 0. The molecule has 0 bridgehead atoms. The Hall–Kier alpha value is -2.95.